The first-order chi connectivity index (χ1) is 19.6. The number of hydrogen-bond acceptors (Lipinski definition) is 4. The average Bonchev–Trinajstić information content (AvgIpc) is 3.50. The predicted molar refractivity (Wildman–Crippen MR) is 163 cm³/mol. The van der Waals surface area contributed by atoms with Crippen LogP contribution in [0.2, 0.25) is 0 Å². The van der Waals surface area contributed by atoms with Crippen molar-refractivity contribution in [2.45, 2.75) is 19.5 Å². The molecule has 1 aliphatic rings. The molecule has 1 amide bonds. The van der Waals surface area contributed by atoms with E-state index in [-0.39, 0.29) is 11.9 Å². The van der Waals surface area contributed by atoms with Gasteiger partial charge in [0.1, 0.15) is 0 Å². The molecular formula is C34H26N4OS. The van der Waals surface area contributed by atoms with E-state index in [2.05, 4.69) is 29.0 Å². The van der Waals surface area contributed by atoms with Crippen LogP contribution in [-0.4, -0.2) is 20.5 Å². The number of nitriles is 1. The van der Waals surface area contributed by atoms with Crippen molar-refractivity contribution >= 4 is 45.5 Å². The van der Waals surface area contributed by atoms with Crippen molar-refractivity contribution in [3.05, 3.63) is 143 Å². The Morgan fingerprint density at radius 1 is 0.900 bits per heavy atom. The Morgan fingerprint density at radius 2 is 1.57 bits per heavy atom. The minimum Gasteiger partial charge on any atom is -0.342 e. The van der Waals surface area contributed by atoms with Crippen LogP contribution in [-0.2, 0) is 11.3 Å². The van der Waals surface area contributed by atoms with Crippen molar-refractivity contribution < 1.29 is 4.79 Å². The van der Waals surface area contributed by atoms with Crippen LogP contribution in [0.3, 0.4) is 0 Å². The number of amides is 1. The highest BCUT2D eigenvalue weighted by Gasteiger charge is 2.37. The van der Waals surface area contributed by atoms with Crippen LogP contribution in [0.1, 0.15) is 35.2 Å². The predicted octanol–water partition coefficient (Wildman–Crippen LogP) is 7.93. The van der Waals surface area contributed by atoms with Gasteiger partial charge in [0, 0.05) is 29.2 Å². The summed E-state index contributed by atoms with van der Waals surface area (Å²) in [7, 11) is 0. The first kappa shape index (κ1) is 25.4. The van der Waals surface area contributed by atoms with Crippen molar-refractivity contribution in [1.29, 1.82) is 5.26 Å². The summed E-state index contributed by atoms with van der Waals surface area (Å²) in [6.45, 7) is 2.60. The van der Waals surface area contributed by atoms with Crippen LogP contribution in [0.4, 0.5) is 5.69 Å². The number of benzene rings is 4. The molecule has 5 aromatic rings. The van der Waals surface area contributed by atoms with Gasteiger partial charge in [-0.25, -0.2) is 4.99 Å². The Labute approximate surface area is 237 Å². The molecule has 1 aromatic heterocycles. The number of fused-ring (bicyclic) bond motifs is 1. The van der Waals surface area contributed by atoms with Gasteiger partial charge in [-0.05, 0) is 60.2 Å². The Hall–Kier alpha value is -4.86. The first-order valence-corrected chi connectivity index (χ1v) is 13.9. The number of hydrogen-bond donors (Lipinski definition) is 0. The summed E-state index contributed by atoms with van der Waals surface area (Å²) in [5.41, 5.74) is 5.47. The molecule has 1 aliphatic heterocycles. The molecule has 194 valence electrons. The zero-order valence-electron chi connectivity index (χ0n) is 21.9. The molecule has 1 fully saturated rings. The normalized spacial score (nSPS) is 16.1. The van der Waals surface area contributed by atoms with Crippen molar-refractivity contribution in [2.75, 3.05) is 0 Å². The molecule has 0 unspecified atom stereocenters. The Bertz CT molecular complexity index is 1800. The van der Waals surface area contributed by atoms with E-state index in [0.29, 0.717) is 22.2 Å². The minimum absolute atomic E-state index is 0.0670. The van der Waals surface area contributed by atoms with Gasteiger partial charge in [-0.3, -0.25) is 9.69 Å². The second-order valence-corrected chi connectivity index (χ2v) is 10.6. The van der Waals surface area contributed by atoms with E-state index in [1.807, 2.05) is 110 Å². The number of carbonyl (C=O) groups excluding carboxylic acids is 1. The van der Waals surface area contributed by atoms with Gasteiger partial charge in [-0.2, -0.15) is 5.26 Å². The maximum atomic E-state index is 14.0. The summed E-state index contributed by atoms with van der Waals surface area (Å²) in [4.78, 5) is 21.3. The summed E-state index contributed by atoms with van der Waals surface area (Å²) in [5, 5.41) is 11.3. The average molecular weight is 539 g/mol. The molecule has 1 saturated heterocycles. The summed E-state index contributed by atoms with van der Waals surface area (Å²) < 4.78 is 2.14. The van der Waals surface area contributed by atoms with Gasteiger partial charge in [0.25, 0.3) is 5.91 Å². The number of amidine groups is 1. The van der Waals surface area contributed by atoms with E-state index >= 15 is 0 Å². The number of thioether (sulfide) groups is 1. The molecule has 5 nitrogen and oxygen atoms in total. The van der Waals surface area contributed by atoms with Crippen molar-refractivity contribution in [3.63, 3.8) is 0 Å². The van der Waals surface area contributed by atoms with Gasteiger partial charge in [0.15, 0.2) is 5.17 Å². The zero-order valence-corrected chi connectivity index (χ0v) is 22.8. The minimum atomic E-state index is -0.182. The van der Waals surface area contributed by atoms with E-state index in [1.54, 1.807) is 4.90 Å². The van der Waals surface area contributed by atoms with Crippen LogP contribution in [0, 0.1) is 11.3 Å². The molecule has 0 radical (unpaired) electrons. The van der Waals surface area contributed by atoms with Gasteiger partial charge in [-0.15, -0.1) is 0 Å². The fraction of sp³-hybridized carbons (Fsp3) is 0.0882. The summed E-state index contributed by atoms with van der Waals surface area (Å²) in [6.07, 6.45) is 4.04. The first-order valence-electron chi connectivity index (χ1n) is 13.1. The maximum Gasteiger partial charge on any atom is 0.267 e. The second kappa shape index (κ2) is 11.1. The fourth-order valence-corrected chi connectivity index (χ4v) is 6.07. The number of carbonyl (C=O) groups is 1. The molecule has 0 saturated carbocycles. The van der Waals surface area contributed by atoms with E-state index in [9.17, 15) is 10.1 Å². The third kappa shape index (κ3) is 4.95. The molecule has 2 heterocycles. The SMILES string of the molecule is C[C@H](c1ccccc1)N1C(=O)/C(=C\c2cn(Cc3ccccc3C#N)c3ccccc23)SC1=Nc1ccccc1. The zero-order chi connectivity index (χ0) is 27.5. The van der Waals surface area contributed by atoms with Crippen LogP contribution >= 0.6 is 11.8 Å². The van der Waals surface area contributed by atoms with E-state index in [4.69, 9.17) is 4.99 Å². The van der Waals surface area contributed by atoms with Crippen LogP contribution in [0.25, 0.3) is 17.0 Å². The molecule has 40 heavy (non-hydrogen) atoms. The highest BCUT2D eigenvalue weighted by molar-refractivity contribution is 8.18. The van der Waals surface area contributed by atoms with Gasteiger partial charge in [0.2, 0.25) is 0 Å². The quantitative estimate of drug-likeness (QED) is 0.206. The molecule has 0 aliphatic carbocycles. The molecule has 0 bridgehead atoms. The highest BCUT2D eigenvalue weighted by atomic mass is 32.2. The van der Waals surface area contributed by atoms with E-state index in [1.165, 1.54) is 11.8 Å². The lowest BCUT2D eigenvalue weighted by atomic mass is 10.1. The topological polar surface area (TPSA) is 61.4 Å². The number of aliphatic imine (C=N–C) groups is 1. The summed E-state index contributed by atoms with van der Waals surface area (Å²) in [6, 6.07) is 37.7. The third-order valence-corrected chi connectivity index (χ3v) is 8.05. The largest absolute Gasteiger partial charge is 0.342 e. The molecule has 4 aromatic carbocycles. The lowest BCUT2D eigenvalue weighted by molar-refractivity contribution is -0.123. The fourth-order valence-electron chi connectivity index (χ4n) is 5.01. The number of nitrogens with zero attached hydrogens (tertiary/aromatic N) is 4. The van der Waals surface area contributed by atoms with Gasteiger partial charge in [-0.1, -0.05) is 84.9 Å². The van der Waals surface area contributed by atoms with E-state index < -0.39 is 0 Å². The smallest absolute Gasteiger partial charge is 0.267 e. The van der Waals surface area contributed by atoms with Crippen LogP contribution in [0.15, 0.2) is 125 Å². The van der Waals surface area contributed by atoms with Gasteiger partial charge >= 0.3 is 0 Å². The number of para-hydroxylation sites is 2. The summed E-state index contributed by atoms with van der Waals surface area (Å²) >= 11 is 1.40. The molecule has 6 heteroatoms. The standard InChI is InChI=1S/C34H26N4OS/c1-24(25-12-4-2-5-13-25)38-33(39)32(40-34(38)36-29-16-6-3-7-17-29)20-28-23-37(31-19-11-10-18-30(28)31)22-27-15-9-8-14-26(27)21-35/h2-20,23-24H,22H2,1H3/b32-20+,36-34?/t24-/m1/s1. The Morgan fingerprint density at radius 3 is 2.35 bits per heavy atom. The van der Waals surface area contributed by atoms with Crippen molar-refractivity contribution in [3.8, 4) is 6.07 Å². The molecule has 6 rings (SSSR count). The lowest BCUT2D eigenvalue weighted by Crippen LogP contribution is -2.32. The summed E-state index contributed by atoms with van der Waals surface area (Å²) in [5.74, 6) is -0.0670. The van der Waals surface area contributed by atoms with Gasteiger partial charge < -0.3 is 4.57 Å². The highest BCUT2D eigenvalue weighted by Crippen LogP contribution is 2.40. The Kier molecular flexibility index (Phi) is 7.05. The molecule has 0 spiro atoms. The van der Waals surface area contributed by atoms with Crippen LogP contribution < -0.4 is 0 Å². The monoisotopic (exact) mass is 538 g/mol. The van der Waals surface area contributed by atoms with Crippen molar-refractivity contribution in [2.24, 2.45) is 4.99 Å². The lowest BCUT2D eigenvalue weighted by Gasteiger charge is -2.24. The molecular weight excluding hydrogens is 512 g/mol. The Balaban J connectivity index is 1.42. The maximum absolute atomic E-state index is 14.0. The third-order valence-electron chi connectivity index (χ3n) is 7.07. The number of aromatic nitrogens is 1. The molecule has 0 N–H and O–H groups in total. The van der Waals surface area contributed by atoms with Gasteiger partial charge in [0.05, 0.1) is 28.3 Å². The van der Waals surface area contributed by atoms with E-state index in [0.717, 1.165) is 33.3 Å². The van der Waals surface area contributed by atoms with Crippen molar-refractivity contribution in [1.82, 2.24) is 9.47 Å². The second-order valence-electron chi connectivity index (χ2n) is 9.60. The van der Waals surface area contributed by atoms with Crippen LogP contribution in [0.5, 0.6) is 0 Å². The molecule has 1 atom stereocenters. The number of rotatable bonds is 6.